The van der Waals surface area contributed by atoms with Gasteiger partial charge in [0.25, 0.3) is 0 Å². The number of hydrogen-bond donors (Lipinski definition) is 1. The van der Waals surface area contributed by atoms with Crippen LogP contribution in [-0.4, -0.2) is 21.6 Å². The Bertz CT molecular complexity index is 505. The summed E-state index contributed by atoms with van der Waals surface area (Å²) in [6.07, 6.45) is 1.65. The molecule has 6 nitrogen and oxygen atoms in total. The van der Waals surface area contributed by atoms with Crippen molar-refractivity contribution in [1.82, 2.24) is 15.0 Å². The Labute approximate surface area is 105 Å². The van der Waals surface area contributed by atoms with Gasteiger partial charge >= 0.3 is 0 Å². The molecule has 2 aromatic rings. The summed E-state index contributed by atoms with van der Waals surface area (Å²) in [6.45, 7) is 6.74. The molecule has 0 saturated heterocycles. The molecular weight excluding hydrogens is 232 g/mol. The predicted molar refractivity (Wildman–Crippen MR) is 66.5 cm³/mol. The van der Waals surface area contributed by atoms with Gasteiger partial charge in [0, 0.05) is 12.3 Å². The molecule has 0 amide bonds. The molecule has 0 radical (unpaired) electrons. The van der Waals surface area contributed by atoms with Crippen LogP contribution in [0.25, 0.3) is 0 Å². The van der Waals surface area contributed by atoms with E-state index in [4.69, 9.17) is 9.15 Å². The van der Waals surface area contributed by atoms with Crippen molar-refractivity contribution in [2.45, 2.75) is 27.3 Å². The summed E-state index contributed by atoms with van der Waals surface area (Å²) in [5.41, 5.74) is 0.899. The Hall–Kier alpha value is -2.11. The number of hydrogen-bond acceptors (Lipinski definition) is 6. The number of ether oxygens (including phenoxy) is 1. The Balaban J connectivity index is 1.99. The molecule has 0 atom stereocenters. The van der Waals surface area contributed by atoms with Crippen molar-refractivity contribution in [3.63, 3.8) is 0 Å². The van der Waals surface area contributed by atoms with Gasteiger partial charge in [-0.05, 0) is 20.8 Å². The van der Waals surface area contributed by atoms with Gasteiger partial charge < -0.3 is 14.5 Å². The molecule has 0 aliphatic heterocycles. The van der Waals surface area contributed by atoms with Gasteiger partial charge in [0.1, 0.15) is 5.76 Å². The Kier molecular flexibility index (Phi) is 3.76. The van der Waals surface area contributed by atoms with Crippen LogP contribution in [0.1, 0.15) is 24.3 Å². The third-order valence-electron chi connectivity index (χ3n) is 2.39. The molecule has 2 rings (SSSR count). The van der Waals surface area contributed by atoms with Crippen molar-refractivity contribution in [1.29, 1.82) is 0 Å². The summed E-state index contributed by atoms with van der Waals surface area (Å²) in [7, 11) is 0. The van der Waals surface area contributed by atoms with Crippen LogP contribution in [0.4, 0.5) is 5.95 Å². The third kappa shape index (κ3) is 2.97. The second-order valence-electron chi connectivity index (χ2n) is 3.75. The van der Waals surface area contributed by atoms with E-state index in [0.29, 0.717) is 30.9 Å². The SMILES string of the molecule is CCOc1ccnc(NCc2nc(C)c(C)o2)n1. The smallest absolute Gasteiger partial charge is 0.226 e. The van der Waals surface area contributed by atoms with Crippen molar-refractivity contribution in [2.24, 2.45) is 0 Å². The van der Waals surface area contributed by atoms with Crippen molar-refractivity contribution in [2.75, 3.05) is 11.9 Å². The number of rotatable bonds is 5. The Morgan fingerprint density at radius 3 is 2.83 bits per heavy atom. The standard InChI is InChI=1S/C12H16N4O2/c1-4-17-10-5-6-13-12(16-10)14-7-11-15-8(2)9(3)18-11/h5-6H,4,7H2,1-3H3,(H,13,14,16). The van der Waals surface area contributed by atoms with Gasteiger partial charge in [-0.15, -0.1) is 0 Å². The molecule has 1 N–H and O–H groups in total. The first-order valence-corrected chi connectivity index (χ1v) is 5.81. The minimum absolute atomic E-state index is 0.449. The van der Waals surface area contributed by atoms with Crippen LogP contribution in [0.15, 0.2) is 16.7 Å². The van der Waals surface area contributed by atoms with E-state index in [9.17, 15) is 0 Å². The van der Waals surface area contributed by atoms with Crippen LogP contribution >= 0.6 is 0 Å². The van der Waals surface area contributed by atoms with Gasteiger partial charge in [-0.3, -0.25) is 0 Å². The summed E-state index contributed by atoms with van der Waals surface area (Å²) < 4.78 is 10.7. The molecule has 0 bridgehead atoms. The van der Waals surface area contributed by atoms with Crippen molar-refractivity contribution in [3.8, 4) is 5.88 Å². The lowest BCUT2D eigenvalue weighted by Crippen LogP contribution is -2.05. The number of aromatic nitrogens is 3. The van der Waals surface area contributed by atoms with Gasteiger partial charge in [-0.1, -0.05) is 0 Å². The van der Waals surface area contributed by atoms with Crippen LogP contribution in [0.5, 0.6) is 5.88 Å². The molecule has 0 saturated carbocycles. The maximum absolute atomic E-state index is 5.45. The number of nitrogens with one attached hydrogen (secondary N) is 1. The van der Waals surface area contributed by atoms with Crippen LogP contribution in [0, 0.1) is 13.8 Å². The molecular formula is C12H16N4O2. The molecule has 0 aliphatic carbocycles. The number of anilines is 1. The second-order valence-corrected chi connectivity index (χ2v) is 3.75. The fourth-order valence-corrected chi connectivity index (χ4v) is 1.43. The van der Waals surface area contributed by atoms with Crippen molar-refractivity contribution >= 4 is 5.95 Å². The van der Waals surface area contributed by atoms with Gasteiger partial charge in [-0.25, -0.2) is 9.97 Å². The van der Waals surface area contributed by atoms with E-state index < -0.39 is 0 Å². The highest BCUT2D eigenvalue weighted by Gasteiger charge is 2.06. The molecule has 0 spiro atoms. The van der Waals surface area contributed by atoms with E-state index >= 15 is 0 Å². The van der Waals surface area contributed by atoms with Gasteiger partial charge in [0.15, 0.2) is 0 Å². The summed E-state index contributed by atoms with van der Waals surface area (Å²) in [5.74, 6) is 2.50. The predicted octanol–water partition coefficient (Wildman–Crippen LogP) is 2.09. The van der Waals surface area contributed by atoms with E-state index in [1.54, 1.807) is 12.3 Å². The van der Waals surface area contributed by atoms with E-state index in [1.165, 1.54) is 0 Å². The average Bonchev–Trinajstić information content (AvgIpc) is 2.67. The zero-order valence-corrected chi connectivity index (χ0v) is 10.7. The van der Waals surface area contributed by atoms with Gasteiger partial charge in [0.05, 0.1) is 18.8 Å². The zero-order valence-electron chi connectivity index (χ0n) is 10.7. The highest BCUT2D eigenvalue weighted by molar-refractivity contribution is 5.27. The number of oxazole rings is 1. The largest absolute Gasteiger partial charge is 0.478 e. The van der Waals surface area contributed by atoms with Crippen LogP contribution in [-0.2, 0) is 6.54 Å². The van der Waals surface area contributed by atoms with Crippen molar-refractivity contribution < 1.29 is 9.15 Å². The summed E-state index contributed by atoms with van der Waals surface area (Å²) in [6, 6.07) is 1.72. The molecule has 18 heavy (non-hydrogen) atoms. The number of aryl methyl sites for hydroxylation is 2. The van der Waals surface area contributed by atoms with Crippen LogP contribution < -0.4 is 10.1 Å². The molecule has 0 aromatic carbocycles. The molecule has 0 aliphatic rings. The Morgan fingerprint density at radius 1 is 1.33 bits per heavy atom. The first-order chi connectivity index (χ1) is 8.69. The lowest BCUT2D eigenvalue weighted by Gasteiger charge is -2.04. The fraction of sp³-hybridized carbons (Fsp3) is 0.417. The van der Waals surface area contributed by atoms with E-state index in [1.807, 2.05) is 20.8 Å². The highest BCUT2D eigenvalue weighted by Crippen LogP contribution is 2.11. The molecule has 6 heteroatoms. The van der Waals surface area contributed by atoms with Crippen molar-refractivity contribution in [3.05, 3.63) is 29.6 Å². The molecule has 96 valence electrons. The first kappa shape index (κ1) is 12.3. The lowest BCUT2D eigenvalue weighted by atomic mass is 10.4. The summed E-state index contributed by atoms with van der Waals surface area (Å²) in [5, 5.41) is 3.04. The zero-order chi connectivity index (χ0) is 13.0. The normalized spacial score (nSPS) is 10.4. The number of nitrogens with zero attached hydrogens (tertiary/aromatic N) is 3. The quantitative estimate of drug-likeness (QED) is 0.873. The minimum Gasteiger partial charge on any atom is -0.478 e. The maximum atomic E-state index is 5.45. The maximum Gasteiger partial charge on any atom is 0.226 e. The topological polar surface area (TPSA) is 73.1 Å². The Morgan fingerprint density at radius 2 is 2.17 bits per heavy atom. The average molecular weight is 248 g/mol. The summed E-state index contributed by atoms with van der Waals surface area (Å²) in [4.78, 5) is 12.6. The molecule has 0 unspecified atom stereocenters. The first-order valence-electron chi connectivity index (χ1n) is 5.81. The molecule has 2 heterocycles. The van der Waals surface area contributed by atoms with Gasteiger partial charge in [-0.2, -0.15) is 4.98 Å². The van der Waals surface area contributed by atoms with Gasteiger partial charge in [0.2, 0.25) is 17.7 Å². The molecule has 0 fully saturated rings. The van der Waals surface area contributed by atoms with Crippen LogP contribution in [0.2, 0.25) is 0 Å². The van der Waals surface area contributed by atoms with E-state index in [2.05, 4.69) is 20.3 Å². The highest BCUT2D eigenvalue weighted by atomic mass is 16.5. The monoisotopic (exact) mass is 248 g/mol. The van der Waals surface area contributed by atoms with Crippen LogP contribution in [0.3, 0.4) is 0 Å². The second kappa shape index (κ2) is 5.48. The lowest BCUT2D eigenvalue weighted by molar-refractivity contribution is 0.326. The minimum atomic E-state index is 0.449. The van der Waals surface area contributed by atoms with E-state index in [-0.39, 0.29) is 0 Å². The van der Waals surface area contributed by atoms with E-state index in [0.717, 1.165) is 11.5 Å². The fourth-order valence-electron chi connectivity index (χ4n) is 1.43. The molecule has 2 aromatic heterocycles. The third-order valence-corrected chi connectivity index (χ3v) is 2.39. The summed E-state index contributed by atoms with van der Waals surface area (Å²) >= 11 is 0.